The van der Waals surface area contributed by atoms with Gasteiger partial charge >= 0.3 is 0 Å². The standard InChI is InChI=1S/C16H24N2O3.ClH/c1-16(2)10-18(6-5-14(16)17)15(19)11-7-12(20-3)9-13(8-11)21-4;/h7-9,14H,5-6,10,17H2,1-4H3;1H. The van der Waals surface area contributed by atoms with Gasteiger partial charge in [-0.3, -0.25) is 4.79 Å². The summed E-state index contributed by atoms with van der Waals surface area (Å²) in [6.45, 7) is 5.54. The smallest absolute Gasteiger partial charge is 0.254 e. The molecule has 22 heavy (non-hydrogen) atoms. The summed E-state index contributed by atoms with van der Waals surface area (Å²) in [5.74, 6) is 1.23. The average molecular weight is 329 g/mol. The number of rotatable bonds is 3. The zero-order valence-electron chi connectivity index (χ0n) is 13.6. The number of hydrogen-bond donors (Lipinski definition) is 1. The van der Waals surface area contributed by atoms with Crippen LogP contribution in [0.5, 0.6) is 11.5 Å². The molecule has 0 aliphatic carbocycles. The number of carbonyl (C=O) groups excluding carboxylic acids is 1. The first kappa shape index (κ1) is 18.6. The molecule has 1 aromatic carbocycles. The SMILES string of the molecule is COc1cc(OC)cc(C(=O)N2CCC(N)C(C)(C)C2)c1.Cl. The lowest BCUT2D eigenvalue weighted by atomic mass is 9.79. The Morgan fingerprint density at radius 1 is 1.23 bits per heavy atom. The lowest BCUT2D eigenvalue weighted by molar-refractivity contribution is 0.0532. The van der Waals surface area contributed by atoms with Gasteiger partial charge in [0.2, 0.25) is 0 Å². The van der Waals surface area contributed by atoms with E-state index in [2.05, 4.69) is 13.8 Å². The number of halogens is 1. The molecule has 1 heterocycles. The molecule has 5 nitrogen and oxygen atoms in total. The van der Waals surface area contributed by atoms with Gasteiger partial charge in [0.05, 0.1) is 14.2 Å². The summed E-state index contributed by atoms with van der Waals surface area (Å²) in [5, 5.41) is 0. The molecule has 1 aliphatic heterocycles. The highest BCUT2D eigenvalue weighted by atomic mass is 35.5. The minimum Gasteiger partial charge on any atom is -0.497 e. The number of likely N-dealkylation sites (tertiary alicyclic amines) is 1. The van der Waals surface area contributed by atoms with E-state index in [1.54, 1.807) is 32.4 Å². The van der Waals surface area contributed by atoms with Gasteiger partial charge in [0.1, 0.15) is 11.5 Å². The molecule has 0 spiro atoms. The molecule has 1 amide bonds. The third-order valence-corrected chi connectivity index (χ3v) is 4.20. The second-order valence-electron chi connectivity index (χ2n) is 6.21. The molecule has 2 N–H and O–H groups in total. The Morgan fingerprint density at radius 2 is 1.77 bits per heavy atom. The molecule has 1 fully saturated rings. The van der Waals surface area contributed by atoms with Crippen LogP contribution in [-0.4, -0.2) is 44.2 Å². The number of benzene rings is 1. The largest absolute Gasteiger partial charge is 0.497 e. The molecule has 1 aromatic rings. The molecule has 0 aromatic heterocycles. The summed E-state index contributed by atoms with van der Waals surface area (Å²) in [6.07, 6.45) is 0.819. The number of hydrogen-bond acceptors (Lipinski definition) is 4. The van der Waals surface area contributed by atoms with E-state index in [9.17, 15) is 4.79 Å². The fraction of sp³-hybridized carbons (Fsp3) is 0.562. The van der Waals surface area contributed by atoms with E-state index in [0.29, 0.717) is 30.2 Å². The van der Waals surface area contributed by atoms with E-state index in [-0.39, 0.29) is 29.8 Å². The Kier molecular flexibility index (Phi) is 6.08. The molecule has 124 valence electrons. The minimum atomic E-state index is -0.0726. The lowest BCUT2D eigenvalue weighted by Gasteiger charge is -2.42. The molecule has 1 aliphatic rings. The predicted octanol–water partition coefficient (Wildman–Crippen LogP) is 2.33. The second kappa shape index (κ2) is 7.20. The first-order valence-corrected chi connectivity index (χ1v) is 7.15. The van der Waals surface area contributed by atoms with Crippen LogP contribution in [0.25, 0.3) is 0 Å². The van der Waals surface area contributed by atoms with Crippen LogP contribution in [0.2, 0.25) is 0 Å². The van der Waals surface area contributed by atoms with Crippen LogP contribution in [0, 0.1) is 5.41 Å². The number of nitrogens with zero attached hydrogens (tertiary/aromatic N) is 1. The molecule has 1 saturated heterocycles. The molecule has 2 rings (SSSR count). The maximum absolute atomic E-state index is 12.7. The van der Waals surface area contributed by atoms with Crippen molar-refractivity contribution < 1.29 is 14.3 Å². The maximum Gasteiger partial charge on any atom is 0.254 e. The first-order valence-electron chi connectivity index (χ1n) is 7.15. The molecule has 1 atom stereocenters. The third kappa shape index (κ3) is 3.84. The molecule has 0 saturated carbocycles. The molecule has 1 unspecified atom stereocenters. The highest BCUT2D eigenvalue weighted by molar-refractivity contribution is 5.95. The van der Waals surface area contributed by atoms with E-state index in [1.807, 2.05) is 4.90 Å². The summed E-state index contributed by atoms with van der Waals surface area (Å²) in [7, 11) is 3.15. The molecule has 0 radical (unpaired) electrons. The number of nitrogens with two attached hydrogens (primary N) is 1. The lowest BCUT2D eigenvalue weighted by Crippen LogP contribution is -2.54. The van der Waals surface area contributed by atoms with Crippen molar-refractivity contribution in [1.29, 1.82) is 0 Å². The summed E-state index contributed by atoms with van der Waals surface area (Å²) in [6, 6.07) is 5.37. The van der Waals surface area contributed by atoms with Crippen LogP contribution < -0.4 is 15.2 Å². The van der Waals surface area contributed by atoms with E-state index in [1.165, 1.54) is 0 Å². The quantitative estimate of drug-likeness (QED) is 0.925. The van der Waals surface area contributed by atoms with Crippen LogP contribution in [0.3, 0.4) is 0 Å². The zero-order valence-corrected chi connectivity index (χ0v) is 14.4. The van der Waals surface area contributed by atoms with Crippen molar-refractivity contribution in [1.82, 2.24) is 4.90 Å². The highest BCUT2D eigenvalue weighted by Crippen LogP contribution is 2.30. The Bertz CT molecular complexity index is 512. The Hall–Kier alpha value is -1.46. The van der Waals surface area contributed by atoms with Crippen molar-refractivity contribution in [3.8, 4) is 11.5 Å². The van der Waals surface area contributed by atoms with Crippen LogP contribution in [0.15, 0.2) is 18.2 Å². The maximum atomic E-state index is 12.7. The number of amides is 1. The van der Waals surface area contributed by atoms with Crippen molar-refractivity contribution >= 4 is 18.3 Å². The Labute approximate surface area is 138 Å². The first-order chi connectivity index (χ1) is 9.87. The van der Waals surface area contributed by atoms with Crippen molar-refractivity contribution in [2.75, 3.05) is 27.3 Å². The second-order valence-corrected chi connectivity index (χ2v) is 6.21. The number of carbonyl (C=O) groups is 1. The minimum absolute atomic E-state index is 0. The fourth-order valence-electron chi connectivity index (χ4n) is 2.66. The summed E-state index contributed by atoms with van der Waals surface area (Å²) in [4.78, 5) is 14.6. The van der Waals surface area contributed by atoms with Gasteiger partial charge in [0, 0.05) is 30.8 Å². The average Bonchev–Trinajstić information content (AvgIpc) is 2.48. The topological polar surface area (TPSA) is 64.8 Å². The third-order valence-electron chi connectivity index (χ3n) is 4.20. The van der Waals surface area contributed by atoms with Crippen LogP contribution >= 0.6 is 12.4 Å². The van der Waals surface area contributed by atoms with Gasteiger partial charge in [-0.2, -0.15) is 0 Å². The molecular weight excluding hydrogens is 304 g/mol. The van der Waals surface area contributed by atoms with Gasteiger partial charge in [0.15, 0.2) is 0 Å². The summed E-state index contributed by atoms with van der Waals surface area (Å²) in [5.41, 5.74) is 6.64. The summed E-state index contributed by atoms with van der Waals surface area (Å²) >= 11 is 0. The van der Waals surface area contributed by atoms with Crippen molar-refractivity contribution in [3.63, 3.8) is 0 Å². The van der Waals surface area contributed by atoms with Crippen molar-refractivity contribution in [2.45, 2.75) is 26.3 Å². The van der Waals surface area contributed by atoms with E-state index in [0.717, 1.165) is 6.42 Å². The normalized spacial score (nSPS) is 20.0. The van der Waals surface area contributed by atoms with Gasteiger partial charge in [-0.1, -0.05) is 13.8 Å². The van der Waals surface area contributed by atoms with Gasteiger partial charge in [-0.15, -0.1) is 12.4 Å². The zero-order chi connectivity index (χ0) is 15.6. The Balaban J connectivity index is 0.00000242. The van der Waals surface area contributed by atoms with Crippen LogP contribution in [0.1, 0.15) is 30.6 Å². The van der Waals surface area contributed by atoms with Gasteiger partial charge in [0.25, 0.3) is 5.91 Å². The fourth-order valence-corrected chi connectivity index (χ4v) is 2.66. The van der Waals surface area contributed by atoms with Gasteiger partial charge in [-0.05, 0) is 24.0 Å². The molecular formula is C16H25ClN2O3. The summed E-state index contributed by atoms with van der Waals surface area (Å²) < 4.78 is 10.4. The van der Waals surface area contributed by atoms with Crippen molar-refractivity contribution in [3.05, 3.63) is 23.8 Å². The van der Waals surface area contributed by atoms with Crippen LogP contribution in [-0.2, 0) is 0 Å². The molecule has 6 heteroatoms. The predicted molar refractivity (Wildman–Crippen MR) is 89.1 cm³/mol. The van der Waals surface area contributed by atoms with Crippen molar-refractivity contribution in [2.24, 2.45) is 11.1 Å². The monoisotopic (exact) mass is 328 g/mol. The Morgan fingerprint density at radius 3 is 2.23 bits per heavy atom. The number of methoxy groups -OCH3 is 2. The van der Waals surface area contributed by atoms with E-state index >= 15 is 0 Å². The van der Waals surface area contributed by atoms with E-state index < -0.39 is 0 Å². The molecule has 0 bridgehead atoms. The highest BCUT2D eigenvalue weighted by Gasteiger charge is 2.35. The van der Waals surface area contributed by atoms with Gasteiger partial charge in [-0.25, -0.2) is 0 Å². The number of ether oxygens (including phenoxy) is 2. The van der Waals surface area contributed by atoms with Crippen LogP contribution in [0.4, 0.5) is 0 Å². The number of piperidine rings is 1. The van der Waals surface area contributed by atoms with Gasteiger partial charge < -0.3 is 20.1 Å². The van der Waals surface area contributed by atoms with E-state index in [4.69, 9.17) is 15.2 Å².